The fourth-order valence-corrected chi connectivity index (χ4v) is 4.17. The minimum atomic E-state index is -0.923. The molecule has 168 valence electrons. The van der Waals surface area contributed by atoms with Crippen LogP contribution in [0.3, 0.4) is 0 Å². The molecule has 1 aromatic rings. The van der Waals surface area contributed by atoms with Gasteiger partial charge >= 0.3 is 12.2 Å². The van der Waals surface area contributed by atoms with E-state index in [2.05, 4.69) is 13.0 Å². The molecule has 8 nitrogen and oxygen atoms in total. The zero-order valence-corrected chi connectivity index (χ0v) is 18.5. The Labute approximate surface area is 182 Å². The average molecular weight is 431 g/mol. The number of carbonyl (C=O) groups excluding carboxylic acids is 1. The second-order valence-corrected chi connectivity index (χ2v) is 9.57. The number of carbonyl (C=O) groups is 2. The van der Waals surface area contributed by atoms with Crippen molar-refractivity contribution in [1.29, 1.82) is 0 Å². The Bertz CT molecular complexity index is 911. The van der Waals surface area contributed by atoms with E-state index in [0.29, 0.717) is 49.9 Å². The number of benzene rings is 1. The summed E-state index contributed by atoms with van der Waals surface area (Å²) in [5.74, 6) is 0.770. The first-order chi connectivity index (χ1) is 14.6. The number of rotatable bonds is 1. The Morgan fingerprint density at radius 1 is 1.16 bits per heavy atom. The van der Waals surface area contributed by atoms with E-state index in [4.69, 9.17) is 14.2 Å². The number of allylic oxidation sites excluding steroid dienone is 1. The maximum atomic E-state index is 12.9. The van der Waals surface area contributed by atoms with Gasteiger partial charge in [0, 0.05) is 38.0 Å². The van der Waals surface area contributed by atoms with Crippen molar-refractivity contribution in [2.24, 2.45) is 5.92 Å². The lowest BCUT2D eigenvalue weighted by Crippen LogP contribution is -2.50. The zero-order valence-electron chi connectivity index (χ0n) is 18.5. The van der Waals surface area contributed by atoms with E-state index in [-0.39, 0.29) is 6.09 Å². The molecule has 4 rings (SSSR count). The van der Waals surface area contributed by atoms with E-state index in [9.17, 15) is 14.7 Å². The van der Waals surface area contributed by atoms with Gasteiger partial charge in [-0.2, -0.15) is 0 Å². The average Bonchev–Trinajstić information content (AvgIpc) is 3.03. The van der Waals surface area contributed by atoms with Gasteiger partial charge < -0.3 is 24.2 Å². The van der Waals surface area contributed by atoms with Crippen LogP contribution in [0.2, 0.25) is 0 Å². The largest absolute Gasteiger partial charge is 0.465 e. The highest BCUT2D eigenvalue weighted by atomic mass is 16.7. The van der Waals surface area contributed by atoms with Crippen molar-refractivity contribution >= 4 is 17.9 Å². The third-order valence-corrected chi connectivity index (χ3v) is 5.74. The van der Waals surface area contributed by atoms with Gasteiger partial charge in [0.25, 0.3) is 5.79 Å². The van der Waals surface area contributed by atoms with E-state index >= 15 is 0 Å². The van der Waals surface area contributed by atoms with Gasteiger partial charge in [-0.05, 0) is 51.3 Å². The number of ether oxygens (including phenoxy) is 3. The summed E-state index contributed by atoms with van der Waals surface area (Å²) in [6, 6.07) is 5.68. The molecule has 31 heavy (non-hydrogen) atoms. The molecule has 3 aliphatic rings. The highest BCUT2D eigenvalue weighted by Crippen LogP contribution is 2.45. The third-order valence-electron chi connectivity index (χ3n) is 5.74. The van der Waals surface area contributed by atoms with Crippen LogP contribution in [0.15, 0.2) is 24.3 Å². The maximum Gasteiger partial charge on any atom is 0.414 e. The Morgan fingerprint density at radius 2 is 1.84 bits per heavy atom. The number of carboxylic acid groups (broad SMARTS) is 1. The Kier molecular flexibility index (Phi) is 5.27. The fraction of sp³-hybridized carbons (Fsp3) is 0.565. The molecule has 1 aromatic carbocycles. The summed E-state index contributed by atoms with van der Waals surface area (Å²) in [5, 5.41) is 9.18. The van der Waals surface area contributed by atoms with Gasteiger partial charge in [-0.1, -0.05) is 13.0 Å². The summed E-state index contributed by atoms with van der Waals surface area (Å²) in [5.41, 5.74) is 1.09. The predicted molar refractivity (Wildman–Crippen MR) is 114 cm³/mol. The standard InChI is InChI=1S/C23H30N2O6/c1-15-5-7-17(25(14-15)21(28)31-22(2,3)4)16-6-8-18-19(13-16)30-23(29-18)9-11-24(12-10-23)20(26)27/h6-8,13,15H,5,9-12,14H2,1-4H3,(H,26,27). The summed E-state index contributed by atoms with van der Waals surface area (Å²) in [6.45, 7) is 9.00. The molecule has 1 N–H and O–H groups in total. The summed E-state index contributed by atoms with van der Waals surface area (Å²) >= 11 is 0. The number of hydrogen-bond acceptors (Lipinski definition) is 5. The van der Waals surface area contributed by atoms with Crippen LogP contribution in [-0.2, 0) is 4.74 Å². The summed E-state index contributed by atoms with van der Waals surface area (Å²) in [7, 11) is 0. The van der Waals surface area contributed by atoms with E-state index < -0.39 is 17.5 Å². The molecule has 3 aliphatic heterocycles. The van der Waals surface area contributed by atoms with Gasteiger partial charge in [0.15, 0.2) is 11.5 Å². The van der Waals surface area contributed by atoms with Gasteiger partial charge in [0.05, 0.1) is 5.70 Å². The van der Waals surface area contributed by atoms with Crippen molar-refractivity contribution in [1.82, 2.24) is 9.80 Å². The van der Waals surface area contributed by atoms with Crippen LogP contribution in [0.1, 0.15) is 52.5 Å². The van der Waals surface area contributed by atoms with E-state index in [0.717, 1.165) is 17.7 Å². The van der Waals surface area contributed by atoms with Crippen LogP contribution in [0.5, 0.6) is 11.5 Å². The first-order valence-corrected chi connectivity index (χ1v) is 10.8. The first kappa shape index (κ1) is 21.3. The number of piperidine rings is 1. The van der Waals surface area contributed by atoms with Gasteiger partial charge in [0.2, 0.25) is 0 Å². The van der Waals surface area contributed by atoms with Gasteiger partial charge in [-0.15, -0.1) is 0 Å². The number of likely N-dealkylation sites (tertiary alicyclic amines) is 1. The van der Waals surface area contributed by atoms with Crippen LogP contribution in [0, 0.1) is 5.92 Å². The molecule has 0 bridgehead atoms. The number of nitrogens with zero attached hydrogens (tertiary/aromatic N) is 2. The maximum absolute atomic E-state index is 12.9. The molecule has 1 unspecified atom stereocenters. The molecule has 0 aromatic heterocycles. The third kappa shape index (κ3) is 4.43. The quantitative estimate of drug-likeness (QED) is 0.703. The fourth-order valence-electron chi connectivity index (χ4n) is 4.17. The highest BCUT2D eigenvalue weighted by molar-refractivity contribution is 5.83. The number of amides is 2. The lowest BCUT2D eigenvalue weighted by molar-refractivity contribution is -0.114. The lowest BCUT2D eigenvalue weighted by atomic mass is 9.98. The topological polar surface area (TPSA) is 88.5 Å². The van der Waals surface area contributed by atoms with Crippen molar-refractivity contribution in [2.45, 2.75) is 58.3 Å². The summed E-state index contributed by atoms with van der Waals surface area (Å²) in [6.07, 6.45) is 2.59. The van der Waals surface area contributed by atoms with E-state index in [1.165, 1.54) is 4.90 Å². The van der Waals surface area contributed by atoms with Crippen molar-refractivity contribution in [3.63, 3.8) is 0 Å². The van der Waals surface area contributed by atoms with Crippen LogP contribution in [-0.4, -0.2) is 58.1 Å². The summed E-state index contributed by atoms with van der Waals surface area (Å²) < 4.78 is 17.9. The van der Waals surface area contributed by atoms with Crippen LogP contribution in [0.25, 0.3) is 5.70 Å². The number of fused-ring (bicyclic) bond motifs is 1. The SMILES string of the molecule is CC1CC=C(c2ccc3c(c2)OC2(CCN(C(=O)O)CC2)O3)N(C(=O)OC(C)(C)C)C1. The molecule has 3 heterocycles. The minimum Gasteiger partial charge on any atom is -0.465 e. The van der Waals surface area contributed by atoms with Crippen LogP contribution < -0.4 is 9.47 Å². The predicted octanol–water partition coefficient (Wildman–Crippen LogP) is 4.55. The second kappa shape index (κ2) is 7.66. The number of hydrogen-bond donors (Lipinski definition) is 1. The molecule has 8 heteroatoms. The van der Waals surface area contributed by atoms with Gasteiger partial charge in [-0.25, -0.2) is 9.59 Å². The zero-order chi connectivity index (χ0) is 22.4. The molecule has 1 fully saturated rings. The lowest BCUT2D eigenvalue weighted by Gasteiger charge is -2.36. The Morgan fingerprint density at radius 3 is 2.48 bits per heavy atom. The van der Waals surface area contributed by atoms with E-state index in [1.807, 2.05) is 39.0 Å². The smallest absolute Gasteiger partial charge is 0.414 e. The van der Waals surface area contributed by atoms with Crippen molar-refractivity contribution in [2.75, 3.05) is 19.6 Å². The minimum absolute atomic E-state index is 0.341. The van der Waals surface area contributed by atoms with E-state index in [1.54, 1.807) is 4.90 Å². The molecule has 1 spiro atoms. The molecule has 2 amide bonds. The highest BCUT2D eigenvalue weighted by Gasteiger charge is 2.45. The first-order valence-electron chi connectivity index (χ1n) is 10.8. The molecular weight excluding hydrogens is 400 g/mol. The molecule has 1 saturated heterocycles. The molecule has 0 radical (unpaired) electrons. The monoisotopic (exact) mass is 430 g/mol. The van der Waals surface area contributed by atoms with Crippen molar-refractivity contribution < 1.29 is 28.9 Å². The molecule has 0 saturated carbocycles. The van der Waals surface area contributed by atoms with Crippen molar-refractivity contribution in [3.05, 3.63) is 29.8 Å². The van der Waals surface area contributed by atoms with Crippen molar-refractivity contribution in [3.8, 4) is 11.5 Å². The van der Waals surface area contributed by atoms with Gasteiger partial charge in [0.1, 0.15) is 5.60 Å². The second-order valence-electron chi connectivity index (χ2n) is 9.57. The normalized spacial score (nSPS) is 22.3. The molecular formula is C23H30N2O6. The van der Waals surface area contributed by atoms with Crippen LogP contribution in [0.4, 0.5) is 9.59 Å². The molecule has 0 aliphatic carbocycles. The van der Waals surface area contributed by atoms with Gasteiger partial charge in [-0.3, -0.25) is 4.90 Å². The molecule has 1 atom stereocenters. The Hall–Kier alpha value is -2.90. The van der Waals surface area contributed by atoms with Crippen LogP contribution >= 0.6 is 0 Å². The Balaban J connectivity index is 1.54. The summed E-state index contributed by atoms with van der Waals surface area (Å²) in [4.78, 5) is 27.1.